The minimum Gasteiger partial charge on any atom is -0.497 e. The highest BCUT2D eigenvalue weighted by Gasteiger charge is 2.32. The Bertz CT molecular complexity index is 654. The number of hydrogen-bond acceptors (Lipinski definition) is 3. The summed E-state index contributed by atoms with van der Waals surface area (Å²) >= 11 is 0. The molecule has 21 heavy (non-hydrogen) atoms. The Hall–Kier alpha value is -2.33. The Morgan fingerprint density at radius 3 is 2.52 bits per heavy atom. The molecular formula is C17H17NO3. The number of benzene rings is 2. The van der Waals surface area contributed by atoms with Crippen molar-refractivity contribution in [3.63, 3.8) is 0 Å². The lowest BCUT2D eigenvalue weighted by molar-refractivity contribution is -0.125. The molecule has 108 valence electrons. The fourth-order valence-electron chi connectivity index (χ4n) is 2.81. The Morgan fingerprint density at radius 1 is 1.10 bits per heavy atom. The number of ether oxygens (including phenoxy) is 1. The van der Waals surface area contributed by atoms with Crippen molar-refractivity contribution in [2.75, 3.05) is 19.3 Å². The molecule has 1 aliphatic heterocycles. The van der Waals surface area contributed by atoms with Crippen LogP contribution in [0.1, 0.15) is 23.5 Å². The first-order chi connectivity index (χ1) is 10.2. The van der Waals surface area contributed by atoms with Gasteiger partial charge in [-0.15, -0.1) is 0 Å². The Labute approximate surface area is 123 Å². The molecular weight excluding hydrogens is 266 g/mol. The fraction of sp³-hybridized carbons (Fsp3) is 0.235. The van der Waals surface area contributed by atoms with E-state index in [0.29, 0.717) is 6.42 Å². The molecule has 4 nitrogen and oxygen atoms in total. The third kappa shape index (κ3) is 2.38. The molecule has 0 aromatic heterocycles. The van der Waals surface area contributed by atoms with Gasteiger partial charge in [0.2, 0.25) is 0 Å². The quantitative estimate of drug-likeness (QED) is 0.868. The van der Waals surface area contributed by atoms with Crippen molar-refractivity contribution in [2.24, 2.45) is 0 Å². The van der Waals surface area contributed by atoms with E-state index in [1.807, 2.05) is 48.5 Å². The third-order valence-electron chi connectivity index (χ3n) is 3.82. The summed E-state index contributed by atoms with van der Waals surface area (Å²) in [5, 5.41) is 1.36. The minimum atomic E-state index is -0.0379. The van der Waals surface area contributed by atoms with Gasteiger partial charge in [0, 0.05) is 12.3 Å². The smallest absolute Gasteiger partial charge is 0.251 e. The van der Waals surface area contributed by atoms with Crippen LogP contribution in [0, 0.1) is 0 Å². The lowest BCUT2D eigenvalue weighted by Gasteiger charge is -2.32. The lowest BCUT2D eigenvalue weighted by Crippen LogP contribution is -2.36. The van der Waals surface area contributed by atoms with Gasteiger partial charge in [-0.1, -0.05) is 30.3 Å². The molecule has 4 heteroatoms. The largest absolute Gasteiger partial charge is 0.497 e. The number of hydroxylamine groups is 1. The molecule has 0 radical (unpaired) electrons. The number of rotatable bonds is 3. The van der Waals surface area contributed by atoms with Gasteiger partial charge in [-0.2, -0.15) is 5.06 Å². The van der Waals surface area contributed by atoms with Crippen LogP contribution in [-0.4, -0.2) is 20.1 Å². The summed E-state index contributed by atoms with van der Waals surface area (Å²) in [6.45, 7) is 0. The van der Waals surface area contributed by atoms with E-state index in [0.717, 1.165) is 22.6 Å². The Kier molecular flexibility index (Phi) is 3.62. The Morgan fingerprint density at radius 2 is 1.86 bits per heavy atom. The monoisotopic (exact) mass is 283 g/mol. The number of carbonyl (C=O) groups is 1. The van der Waals surface area contributed by atoms with E-state index in [9.17, 15) is 4.79 Å². The van der Waals surface area contributed by atoms with Crippen LogP contribution in [-0.2, 0) is 9.63 Å². The maximum absolute atomic E-state index is 12.3. The number of anilines is 1. The second kappa shape index (κ2) is 5.58. The average molecular weight is 283 g/mol. The molecule has 2 aromatic carbocycles. The summed E-state index contributed by atoms with van der Waals surface area (Å²) in [4.78, 5) is 17.5. The molecule has 0 bridgehead atoms. The van der Waals surface area contributed by atoms with Gasteiger partial charge in [-0.05, 0) is 29.3 Å². The van der Waals surface area contributed by atoms with Crippen molar-refractivity contribution in [3.8, 4) is 5.75 Å². The number of carbonyl (C=O) groups excluding carboxylic acids is 1. The van der Waals surface area contributed by atoms with E-state index >= 15 is 0 Å². The van der Waals surface area contributed by atoms with Gasteiger partial charge in [0.1, 0.15) is 5.75 Å². The topological polar surface area (TPSA) is 38.8 Å². The molecule has 1 atom stereocenters. The van der Waals surface area contributed by atoms with Crippen molar-refractivity contribution in [1.82, 2.24) is 0 Å². The predicted molar refractivity (Wildman–Crippen MR) is 80.4 cm³/mol. The highest BCUT2D eigenvalue weighted by molar-refractivity contribution is 5.96. The van der Waals surface area contributed by atoms with Crippen LogP contribution < -0.4 is 9.80 Å². The molecule has 2 aromatic rings. The fourth-order valence-corrected chi connectivity index (χ4v) is 2.81. The molecule has 1 heterocycles. The molecule has 0 fully saturated rings. The molecule has 0 aliphatic carbocycles. The van der Waals surface area contributed by atoms with Crippen molar-refractivity contribution in [3.05, 3.63) is 59.7 Å². The zero-order valence-corrected chi connectivity index (χ0v) is 12.1. The van der Waals surface area contributed by atoms with Gasteiger partial charge in [-0.3, -0.25) is 9.63 Å². The standard InChI is InChI=1S/C17H17NO3/c1-20-13-8-9-16-15(10-13)14(11-17(19)18(16)21-2)12-6-4-3-5-7-12/h3-10,14H,11H2,1-2H3. The SMILES string of the molecule is COc1ccc2c(c1)C(c1ccccc1)CC(=O)N2OC. The minimum absolute atomic E-state index is 0.0233. The second-order valence-electron chi connectivity index (χ2n) is 4.96. The van der Waals surface area contributed by atoms with Crippen LogP contribution in [0.15, 0.2) is 48.5 Å². The van der Waals surface area contributed by atoms with Gasteiger partial charge in [0.25, 0.3) is 5.91 Å². The highest BCUT2D eigenvalue weighted by Crippen LogP contribution is 2.41. The average Bonchev–Trinajstić information content (AvgIpc) is 2.54. The summed E-state index contributed by atoms with van der Waals surface area (Å²) in [5.74, 6) is 0.763. The summed E-state index contributed by atoms with van der Waals surface area (Å²) in [6.07, 6.45) is 0.387. The van der Waals surface area contributed by atoms with E-state index in [2.05, 4.69) is 0 Å². The van der Waals surface area contributed by atoms with E-state index in [1.165, 1.54) is 12.2 Å². The molecule has 0 N–H and O–H groups in total. The summed E-state index contributed by atoms with van der Waals surface area (Å²) in [5.41, 5.74) is 2.95. The van der Waals surface area contributed by atoms with E-state index in [4.69, 9.17) is 9.57 Å². The van der Waals surface area contributed by atoms with Crippen molar-refractivity contribution in [1.29, 1.82) is 0 Å². The molecule has 0 spiro atoms. The molecule has 1 aliphatic rings. The summed E-state index contributed by atoms with van der Waals surface area (Å²) in [7, 11) is 3.15. The van der Waals surface area contributed by atoms with Gasteiger partial charge < -0.3 is 4.74 Å². The maximum atomic E-state index is 12.3. The van der Waals surface area contributed by atoms with E-state index in [1.54, 1.807) is 7.11 Å². The number of nitrogens with zero attached hydrogens (tertiary/aromatic N) is 1. The van der Waals surface area contributed by atoms with Crippen LogP contribution >= 0.6 is 0 Å². The van der Waals surface area contributed by atoms with Crippen molar-refractivity contribution in [2.45, 2.75) is 12.3 Å². The van der Waals surface area contributed by atoms with E-state index < -0.39 is 0 Å². The van der Waals surface area contributed by atoms with Gasteiger partial charge in [-0.25, -0.2) is 0 Å². The molecule has 3 rings (SSSR count). The highest BCUT2D eigenvalue weighted by atomic mass is 16.7. The van der Waals surface area contributed by atoms with Crippen LogP contribution in [0.3, 0.4) is 0 Å². The van der Waals surface area contributed by atoms with Gasteiger partial charge in [0.05, 0.1) is 19.9 Å². The predicted octanol–water partition coefficient (Wildman–Crippen LogP) is 3.13. The van der Waals surface area contributed by atoms with E-state index in [-0.39, 0.29) is 11.8 Å². The van der Waals surface area contributed by atoms with Crippen LogP contribution in [0.4, 0.5) is 5.69 Å². The molecule has 1 amide bonds. The number of hydrogen-bond donors (Lipinski definition) is 0. The second-order valence-corrected chi connectivity index (χ2v) is 4.96. The molecule has 1 unspecified atom stereocenters. The normalized spacial score (nSPS) is 17.5. The van der Waals surface area contributed by atoms with Gasteiger partial charge in [0.15, 0.2) is 0 Å². The number of amides is 1. The third-order valence-corrected chi connectivity index (χ3v) is 3.82. The zero-order chi connectivity index (χ0) is 14.8. The summed E-state index contributed by atoms with van der Waals surface area (Å²) in [6, 6.07) is 15.7. The molecule has 0 saturated heterocycles. The van der Waals surface area contributed by atoms with Gasteiger partial charge >= 0.3 is 0 Å². The number of methoxy groups -OCH3 is 1. The number of fused-ring (bicyclic) bond motifs is 1. The first-order valence-electron chi connectivity index (χ1n) is 6.84. The first-order valence-corrected chi connectivity index (χ1v) is 6.84. The maximum Gasteiger partial charge on any atom is 0.251 e. The Balaban J connectivity index is 2.14. The summed E-state index contributed by atoms with van der Waals surface area (Å²) < 4.78 is 5.32. The van der Waals surface area contributed by atoms with Crippen molar-refractivity contribution < 1.29 is 14.4 Å². The zero-order valence-electron chi connectivity index (χ0n) is 12.1. The first kappa shape index (κ1) is 13.6. The van der Waals surface area contributed by atoms with Crippen molar-refractivity contribution >= 4 is 11.6 Å². The van der Waals surface area contributed by atoms with Crippen LogP contribution in [0.25, 0.3) is 0 Å². The lowest BCUT2D eigenvalue weighted by atomic mass is 9.84. The van der Waals surface area contributed by atoms with Crippen LogP contribution in [0.5, 0.6) is 5.75 Å². The van der Waals surface area contributed by atoms with Crippen LogP contribution in [0.2, 0.25) is 0 Å². The molecule has 0 saturated carbocycles.